The molecular formula is C11H13NO4. The monoisotopic (exact) mass is 223 g/mol. The Hall–Kier alpha value is -1.91. The van der Waals surface area contributed by atoms with Crippen LogP contribution in [0, 0.1) is 0 Å². The molecule has 86 valence electrons. The third-order valence-corrected chi connectivity index (χ3v) is 2.13. The van der Waals surface area contributed by atoms with Crippen molar-refractivity contribution in [3.05, 3.63) is 29.1 Å². The number of aryl methyl sites for hydroxylation is 1. The number of hydrogen-bond donors (Lipinski definition) is 0. The SMILES string of the molecule is CCc1cc(C(=O)OC)c(C(=O)OC)cn1. The van der Waals surface area contributed by atoms with Crippen molar-refractivity contribution in [1.29, 1.82) is 0 Å². The van der Waals surface area contributed by atoms with Crippen molar-refractivity contribution in [3.63, 3.8) is 0 Å². The molecule has 0 bridgehead atoms. The smallest absolute Gasteiger partial charge is 0.340 e. The standard InChI is InChI=1S/C11H13NO4/c1-4-7-5-8(10(13)15-2)9(6-12-7)11(14)16-3/h5-6H,4H2,1-3H3. The highest BCUT2D eigenvalue weighted by Gasteiger charge is 2.19. The Morgan fingerprint density at radius 3 is 2.25 bits per heavy atom. The highest BCUT2D eigenvalue weighted by Crippen LogP contribution is 2.12. The second kappa shape index (κ2) is 5.25. The first-order chi connectivity index (χ1) is 7.63. The van der Waals surface area contributed by atoms with E-state index in [1.807, 2.05) is 6.92 Å². The van der Waals surface area contributed by atoms with Gasteiger partial charge in [0.05, 0.1) is 25.3 Å². The maximum Gasteiger partial charge on any atom is 0.340 e. The van der Waals surface area contributed by atoms with Crippen LogP contribution in [0.5, 0.6) is 0 Å². The molecule has 0 radical (unpaired) electrons. The van der Waals surface area contributed by atoms with Gasteiger partial charge < -0.3 is 9.47 Å². The largest absolute Gasteiger partial charge is 0.465 e. The molecule has 0 saturated heterocycles. The molecule has 1 aromatic heterocycles. The lowest BCUT2D eigenvalue weighted by Gasteiger charge is -2.07. The summed E-state index contributed by atoms with van der Waals surface area (Å²) in [6.45, 7) is 1.90. The van der Waals surface area contributed by atoms with Crippen LogP contribution in [0.1, 0.15) is 33.3 Å². The van der Waals surface area contributed by atoms with Crippen LogP contribution in [-0.2, 0) is 15.9 Å². The summed E-state index contributed by atoms with van der Waals surface area (Å²) in [5.74, 6) is -1.17. The Balaban J connectivity index is 3.26. The molecule has 5 heteroatoms. The van der Waals surface area contributed by atoms with Crippen LogP contribution in [0.15, 0.2) is 12.3 Å². The summed E-state index contributed by atoms with van der Waals surface area (Å²) in [6.07, 6.45) is 2.00. The minimum Gasteiger partial charge on any atom is -0.465 e. The van der Waals surface area contributed by atoms with Crippen LogP contribution in [0.4, 0.5) is 0 Å². The molecule has 0 saturated carbocycles. The van der Waals surface area contributed by atoms with E-state index in [-0.39, 0.29) is 11.1 Å². The van der Waals surface area contributed by atoms with Crippen LogP contribution in [0.3, 0.4) is 0 Å². The first-order valence-electron chi connectivity index (χ1n) is 4.79. The number of hydrogen-bond acceptors (Lipinski definition) is 5. The highest BCUT2D eigenvalue weighted by molar-refractivity contribution is 6.02. The van der Waals surface area contributed by atoms with Gasteiger partial charge >= 0.3 is 11.9 Å². The Kier molecular flexibility index (Phi) is 3.99. The van der Waals surface area contributed by atoms with Crippen LogP contribution in [-0.4, -0.2) is 31.1 Å². The Bertz CT molecular complexity index is 414. The number of carbonyl (C=O) groups is 2. The second-order valence-electron chi connectivity index (χ2n) is 3.06. The molecule has 0 spiro atoms. The molecular weight excluding hydrogens is 210 g/mol. The molecule has 0 N–H and O–H groups in total. The summed E-state index contributed by atoms with van der Waals surface area (Å²) in [6, 6.07) is 1.54. The van der Waals surface area contributed by atoms with Gasteiger partial charge in [0, 0.05) is 11.9 Å². The first-order valence-corrected chi connectivity index (χ1v) is 4.79. The molecule has 0 aliphatic rings. The molecule has 0 unspecified atom stereocenters. The van der Waals surface area contributed by atoms with Gasteiger partial charge in [-0.1, -0.05) is 6.92 Å². The molecule has 0 amide bonds. The maximum atomic E-state index is 11.5. The maximum absolute atomic E-state index is 11.5. The number of esters is 2. The van der Waals surface area contributed by atoms with Crippen molar-refractivity contribution < 1.29 is 19.1 Å². The molecule has 1 aromatic rings. The summed E-state index contributed by atoms with van der Waals surface area (Å²) >= 11 is 0. The van der Waals surface area contributed by atoms with E-state index < -0.39 is 11.9 Å². The average molecular weight is 223 g/mol. The molecule has 5 nitrogen and oxygen atoms in total. The lowest BCUT2D eigenvalue weighted by atomic mass is 10.1. The number of rotatable bonds is 3. The van der Waals surface area contributed by atoms with E-state index in [2.05, 4.69) is 14.5 Å². The van der Waals surface area contributed by atoms with E-state index in [0.29, 0.717) is 12.1 Å². The van der Waals surface area contributed by atoms with Crippen molar-refractivity contribution in [3.8, 4) is 0 Å². The predicted octanol–water partition coefficient (Wildman–Crippen LogP) is 1.22. The molecule has 1 heterocycles. The number of nitrogens with zero attached hydrogens (tertiary/aromatic N) is 1. The molecule has 16 heavy (non-hydrogen) atoms. The lowest BCUT2D eigenvalue weighted by molar-refractivity contribution is 0.0554. The fourth-order valence-electron chi connectivity index (χ4n) is 1.24. The molecule has 0 aliphatic carbocycles. The minimum atomic E-state index is -0.601. The van der Waals surface area contributed by atoms with E-state index in [4.69, 9.17) is 0 Å². The number of pyridine rings is 1. The third-order valence-electron chi connectivity index (χ3n) is 2.13. The Morgan fingerprint density at radius 1 is 1.19 bits per heavy atom. The van der Waals surface area contributed by atoms with Gasteiger partial charge in [-0.05, 0) is 12.5 Å². The fourth-order valence-corrected chi connectivity index (χ4v) is 1.24. The van der Waals surface area contributed by atoms with E-state index in [1.54, 1.807) is 0 Å². The number of aromatic nitrogens is 1. The zero-order valence-electron chi connectivity index (χ0n) is 9.44. The third kappa shape index (κ3) is 2.36. The van der Waals surface area contributed by atoms with Gasteiger partial charge in [0.2, 0.25) is 0 Å². The summed E-state index contributed by atoms with van der Waals surface area (Å²) < 4.78 is 9.15. The van der Waals surface area contributed by atoms with Crippen molar-refractivity contribution >= 4 is 11.9 Å². The van der Waals surface area contributed by atoms with Crippen molar-refractivity contribution in [2.24, 2.45) is 0 Å². The number of carbonyl (C=O) groups excluding carboxylic acids is 2. The van der Waals surface area contributed by atoms with Gasteiger partial charge in [-0.25, -0.2) is 9.59 Å². The normalized spacial score (nSPS) is 9.69. The zero-order valence-corrected chi connectivity index (χ0v) is 9.44. The average Bonchev–Trinajstić information content (AvgIpc) is 2.36. The van der Waals surface area contributed by atoms with Crippen LogP contribution in [0.2, 0.25) is 0 Å². The molecule has 1 rings (SSSR count). The molecule has 0 aromatic carbocycles. The predicted molar refractivity (Wildman–Crippen MR) is 56.3 cm³/mol. The van der Waals surface area contributed by atoms with Gasteiger partial charge in [0.15, 0.2) is 0 Å². The molecule has 0 fully saturated rings. The van der Waals surface area contributed by atoms with E-state index >= 15 is 0 Å². The van der Waals surface area contributed by atoms with E-state index in [1.165, 1.54) is 26.5 Å². The van der Waals surface area contributed by atoms with Crippen molar-refractivity contribution in [2.75, 3.05) is 14.2 Å². The molecule has 0 atom stereocenters. The van der Waals surface area contributed by atoms with Gasteiger partial charge in [0.25, 0.3) is 0 Å². The lowest BCUT2D eigenvalue weighted by Crippen LogP contribution is -2.13. The van der Waals surface area contributed by atoms with E-state index in [9.17, 15) is 9.59 Å². The van der Waals surface area contributed by atoms with Crippen molar-refractivity contribution in [2.45, 2.75) is 13.3 Å². The van der Waals surface area contributed by atoms with Gasteiger partial charge in [-0.15, -0.1) is 0 Å². The summed E-state index contributed by atoms with van der Waals surface area (Å²) in [4.78, 5) is 26.9. The molecule has 0 aliphatic heterocycles. The summed E-state index contributed by atoms with van der Waals surface area (Å²) in [5.41, 5.74) is 1.01. The van der Waals surface area contributed by atoms with Crippen LogP contribution >= 0.6 is 0 Å². The van der Waals surface area contributed by atoms with Gasteiger partial charge in [-0.2, -0.15) is 0 Å². The van der Waals surface area contributed by atoms with Crippen LogP contribution in [0.25, 0.3) is 0 Å². The Labute approximate surface area is 93.4 Å². The highest BCUT2D eigenvalue weighted by atomic mass is 16.5. The first kappa shape index (κ1) is 12.2. The van der Waals surface area contributed by atoms with Gasteiger partial charge in [0.1, 0.15) is 0 Å². The number of methoxy groups -OCH3 is 2. The van der Waals surface area contributed by atoms with Crippen molar-refractivity contribution in [1.82, 2.24) is 4.98 Å². The second-order valence-corrected chi connectivity index (χ2v) is 3.06. The Morgan fingerprint density at radius 2 is 1.75 bits per heavy atom. The quantitative estimate of drug-likeness (QED) is 0.721. The fraction of sp³-hybridized carbons (Fsp3) is 0.364. The number of ether oxygens (including phenoxy) is 2. The van der Waals surface area contributed by atoms with Gasteiger partial charge in [-0.3, -0.25) is 4.98 Å². The summed E-state index contributed by atoms with van der Waals surface area (Å²) in [5, 5.41) is 0. The zero-order chi connectivity index (χ0) is 12.1. The van der Waals surface area contributed by atoms with E-state index in [0.717, 1.165) is 0 Å². The van der Waals surface area contributed by atoms with Crippen LogP contribution < -0.4 is 0 Å². The summed E-state index contributed by atoms with van der Waals surface area (Å²) in [7, 11) is 2.51. The minimum absolute atomic E-state index is 0.117. The topological polar surface area (TPSA) is 65.5 Å².